The molecule has 2 aliphatic heterocycles. The molecule has 0 aliphatic carbocycles. The van der Waals surface area contributed by atoms with E-state index in [1.54, 1.807) is 6.92 Å². The summed E-state index contributed by atoms with van der Waals surface area (Å²) in [4.78, 5) is 23.9. The van der Waals surface area contributed by atoms with Gasteiger partial charge in [0.05, 0.1) is 18.8 Å². The van der Waals surface area contributed by atoms with E-state index >= 15 is 0 Å². The lowest BCUT2D eigenvalue weighted by atomic mass is 9.96. The molecule has 178 valence electrons. The van der Waals surface area contributed by atoms with Crippen molar-refractivity contribution in [3.05, 3.63) is 41.8 Å². The number of ketones is 1. The van der Waals surface area contributed by atoms with E-state index in [4.69, 9.17) is 9.47 Å². The van der Waals surface area contributed by atoms with Crippen molar-refractivity contribution in [3.63, 3.8) is 0 Å². The van der Waals surface area contributed by atoms with Crippen LogP contribution in [-0.2, 0) is 9.53 Å². The molecule has 0 radical (unpaired) electrons. The van der Waals surface area contributed by atoms with Crippen LogP contribution in [0.25, 0.3) is 0 Å². The summed E-state index contributed by atoms with van der Waals surface area (Å²) in [5.74, 6) is 1.55. The van der Waals surface area contributed by atoms with Crippen LogP contribution in [0.3, 0.4) is 0 Å². The minimum Gasteiger partial charge on any atom is -0.489 e. The van der Waals surface area contributed by atoms with E-state index in [-0.39, 0.29) is 23.9 Å². The molecule has 0 saturated carbocycles. The zero-order valence-electron chi connectivity index (χ0n) is 19.7. The van der Waals surface area contributed by atoms with E-state index in [1.807, 2.05) is 41.1 Å². The van der Waals surface area contributed by atoms with Crippen LogP contribution in [0.15, 0.2) is 30.5 Å². The van der Waals surface area contributed by atoms with E-state index in [0.717, 1.165) is 37.2 Å². The number of Topliss-reactive ketones (excluding diaryl/α,β-unsaturated/α-hetero) is 1. The Hall–Kier alpha value is -2.74. The molecule has 7 nitrogen and oxygen atoms in total. The number of carbonyl (C=O) groups excluding carboxylic acids is 1. The highest BCUT2D eigenvalue weighted by atomic mass is 19.1. The predicted octanol–water partition coefficient (Wildman–Crippen LogP) is 3.97. The number of rotatable bonds is 9. The van der Waals surface area contributed by atoms with Gasteiger partial charge in [-0.3, -0.25) is 0 Å². The topological polar surface area (TPSA) is 67.8 Å². The van der Waals surface area contributed by atoms with Crippen LogP contribution < -0.4 is 14.5 Å². The molecule has 1 aromatic heterocycles. The van der Waals surface area contributed by atoms with Crippen molar-refractivity contribution in [1.82, 2.24) is 9.97 Å². The Bertz CT molecular complexity index is 949. The van der Waals surface area contributed by atoms with Crippen LogP contribution in [0.5, 0.6) is 5.75 Å². The highest BCUT2D eigenvalue weighted by Gasteiger charge is 2.28. The molecule has 0 N–H and O–H groups in total. The first-order valence-electron chi connectivity index (χ1n) is 11.8. The summed E-state index contributed by atoms with van der Waals surface area (Å²) in [6, 6.07) is 7.90. The summed E-state index contributed by atoms with van der Waals surface area (Å²) in [5.41, 5.74) is 1.12. The second-order valence-corrected chi connectivity index (χ2v) is 9.21. The molecule has 2 aromatic rings. The molecular formula is C25H33FN4O3. The lowest BCUT2D eigenvalue weighted by molar-refractivity contribution is -0.117. The zero-order valence-corrected chi connectivity index (χ0v) is 19.7. The maximum atomic E-state index is 14.6. The molecule has 0 amide bonds. The fourth-order valence-corrected chi connectivity index (χ4v) is 4.56. The Labute approximate surface area is 194 Å². The normalized spacial score (nSPS) is 21.3. The molecule has 3 atom stereocenters. The number of carbonyl (C=O) groups is 1. The molecular weight excluding hydrogens is 423 g/mol. The van der Waals surface area contributed by atoms with Crippen molar-refractivity contribution in [1.29, 1.82) is 0 Å². The molecule has 0 spiro atoms. The number of hydrogen-bond acceptors (Lipinski definition) is 7. The van der Waals surface area contributed by atoms with Crippen molar-refractivity contribution in [3.8, 4) is 5.75 Å². The Morgan fingerprint density at radius 2 is 2.12 bits per heavy atom. The maximum absolute atomic E-state index is 14.6. The van der Waals surface area contributed by atoms with E-state index in [9.17, 15) is 9.18 Å². The molecule has 2 fully saturated rings. The Morgan fingerprint density at radius 3 is 2.82 bits per heavy atom. The molecule has 0 bridgehead atoms. The lowest BCUT2D eigenvalue weighted by Gasteiger charge is -2.23. The Kier molecular flexibility index (Phi) is 7.42. The largest absolute Gasteiger partial charge is 0.489 e. The van der Waals surface area contributed by atoms with Gasteiger partial charge in [-0.15, -0.1) is 0 Å². The number of halogens is 1. The molecule has 4 rings (SSSR count). The van der Waals surface area contributed by atoms with Crippen LogP contribution in [0.4, 0.5) is 16.2 Å². The molecule has 2 aliphatic rings. The van der Waals surface area contributed by atoms with Crippen molar-refractivity contribution >= 4 is 17.5 Å². The van der Waals surface area contributed by atoms with Crippen LogP contribution >= 0.6 is 0 Å². The van der Waals surface area contributed by atoms with Crippen molar-refractivity contribution in [2.24, 2.45) is 0 Å². The van der Waals surface area contributed by atoms with Gasteiger partial charge in [0, 0.05) is 39.6 Å². The highest BCUT2D eigenvalue weighted by molar-refractivity contribution is 5.76. The van der Waals surface area contributed by atoms with Gasteiger partial charge in [-0.2, -0.15) is 4.98 Å². The van der Waals surface area contributed by atoms with Crippen molar-refractivity contribution in [2.45, 2.75) is 57.7 Å². The summed E-state index contributed by atoms with van der Waals surface area (Å²) < 4.78 is 26.4. The van der Waals surface area contributed by atoms with Gasteiger partial charge in [-0.25, -0.2) is 9.37 Å². The van der Waals surface area contributed by atoms with Gasteiger partial charge in [0.1, 0.15) is 17.6 Å². The monoisotopic (exact) mass is 456 g/mol. The summed E-state index contributed by atoms with van der Waals surface area (Å²) in [7, 11) is 1.91. The zero-order chi connectivity index (χ0) is 23.4. The molecule has 33 heavy (non-hydrogen) atoms. The first kappa shape index (κ1) is 23.4. The first-order valence-corrected chi connectivity index (χ1v) is 11.8. The van der Waals surface area contributed by atoms with Crippen LogP contribution in [0.1, 0.15) is 51.0 Å². The number of nitrogens with zero attached hydrogens (tertiary/aromatic N) is 4. The first-order chi connectivity index (χ1) is 15.9. The van der Waals surface area contributed by atoms with Crippen LogP contribution in [-0.4, -0.2) is 61.2 Å². The number of ether oxygens (including phenoxy) is 2. The van der Waals surface area contributed by atoms with Crippen LogP contribution in [0.2, 0.25) is 0 Å². The van der Waals surface area contributed by atoms with Gasteiger partial charge in [0.15, 0.2) is 11.6 Å². The summed E-state index contributed by atoms with van der Waals surface area (Å²) in [6.07, 6.45) is 4.80. The SMILES string of the molecule is CC(=O)C[C@@H](C)c1ccc(O[C@@H]2CCN(c3nc(N(C)C[C@@H]4CCCO4)ncc3F)C2)cc1. The van der Waals surface area contributed by atoms with E-state index in [2.05, 4.69) is 16.9 Å². The molecule has 2 saturated heterocycles. The second kappa shape index (κ2) is 10.5. The van der Waals surface area contributed by atoms with Crippen molar-refractivity contribution < 1.29 is 18.7 Å². The summed E-state index contributed by atoms with van der Waals surface area (Å²) in [5, 5.41) is 0. The molecule has 1 aromatic carbocycles. The average molecular weight is 457 g/mol. The predicted molar refractivity (Wildman–Crippen MR) is 126 cm³/mol. The minimum absolute atomic E-state index is 0.0482. The van der Waals surface area contributed by atoms with E-state index in [0.29, 0.717) is 37.8 Å². The Morgan fingerprint density at radius 1 is 1.33 bits per heavy atom. The molecule has 0 unspecified atom stereocenters. The van der Waals surface area contributed by atoms with Gasteiger partial charge in [-0.05, 0) is 43.4 Å². The quantitative estimate of drug-likeness (QED) is 0.566. The fraction of sp³-hybridized carbons (Fsp3) is 0.560. The van der Waals surface area contributed by atoms with E-state index in [1.165, 1.54) is 6.20 Å². The third-order valence-electron chi connectivity index (χ3n) is 6.35. The molecule has 8 heteroatoms. The highest BCUT2D eigenvalue weighted by Crippen LogP contribution is 2.27. The smallest absolute Gasteiger partial charge is 0.227 e. The maximum Gasteiger partial charge on any atom is 0.227 e. The third-order valence-corrected chi connectivity index (χ3v) is 6.35. The van der Waals surface area contributed by atoms with Gasteiger partial charge in [0.2, 0.25) is 5.95 Å². The van der Waals surface area contributed by atoms with Gasteiger partial charge in [-0.1, -0.05) is 19.1 Å². The van der Waals surface area contributed by atoms with Crippen molar-refractivity contribution in [2.75, 3.05) is 43.1 Å². The number of benzene rings is 1. The number of hydrogen-bond donors (Lipinski definition) is 0. The number of likely N-dealkylation sites (N-methyl/N-ethyl adjacent to an activating group) is 1. The summed E-state index contributed by atoms with van der Waals surface area (Å²) in [6.45, 7) is 6.38. The minimum atomic E-state index is -0.422. The Balaban J connectivity index is 1.36. The lowest BCUT2D eigenvalue weighted by Crippen LogP contribution is -2.31. The standard InChI is InChI=1S/C25H33FN4O3/c1-17(13-18(2)31)19-6-8-20(9-7-19)33-22-10-11-30(16-22)24-23(26)14-27-25(28-24)29(3)15-21-5-4-12-32-21/h6-9,14,17,21-22H,4-5,10-13,15-16H2,1-3H3/t17-,21+,22-/m1/s1. The van der Waals surface area contributed by atoms with Gasteiger partial charge < -0.3 is 24.1 Å². The fourth-order valence-electron chi connectivity index (χ4n) is 4.56. The number of aromatic nitrogens is 2. The van der Waals surface area contributed by atoms with Gasteiger partial charge in [0.25, 0.3) is 0 Å². The second-order valence-electron chi connectivity index (χ2n) is 9.21. The third kappa shape index (κ3) is 5.99. The average Bonchev–Trinajstić information content (AvgIpc) is 3.46. The van der Waals surface area contributed by atoms with E-state index < -0.39 is 5.82 Å². The van der Waals surface area contributed by atoms with Crippen LogP contribution in [0, 0.1) is 5.82 Å². The number of anilines is 2. The summed E-state index contributed by atoms with van der Waals surface area (Å²) >= 11 is 0. The molecule has 3 heterocycles. The van der Waals surface area contributed by atoms with Gasteiger partial charge >= 0.3 is 0 Å².